The van der Waals surface area contributed by atoms with E-state index in [4.69, 9.17) is 0 Å². The van der Waals surface area contributed by atoms with E-state index in [9.17, 15) is 4.79 Å². The Morgan fingerprint density at radius 3 is 2.29 bits per heavy atom. The third-order valence-corrected chi connectivity index (χ3v) is 3.83. The van der Waals surface area contributed by atoms with Gasteiger partial charge in [-0.2, -0.15) is 0 Å². The van der Waals surface area contributed by atoms with Crippen molar-refractivity contribution in [1.29, 1.82) is 0 Å². The molecule has 1 heterocycles. The van der Waals surface area contributed by atoms with E-state index in [-0.39, 0.29) is 0 Å². The van der Waals surface area contributed by atoms with Crippen LogP contribution in [-0.4, -0.2) is 30.8 Å². The van der Waals surface area contributed by atoms with E-state index in [0.717, 1.165) is 30.6 Å². The topological polar surface area (TPSA) is 20.3 Å². The highest BCUT2D eigenvalue weighted by molar-refractivity contribution is 5.49. The highest BCUT2D eigenvalue weighted by Crippen LogP contribution is 2.59. The van der Waals surface area contributed by atoms with Gasteiger partial charge in [-0.1, -0.05) is 20.8 Å². The molecule has 2 aliphatic rings. The lowest BCUT2D eigenvalue weighted by molar-refractivity contribution is -0.108. The molecule has 0 aromatic carbocycles. The number of hydrogen-bond donors (Lipinski definition) is 0. The van der Waals surface area contributed by atoms with Crippen molar-refractivity contribution >= 4 is 6.29 Å². The second-order valence-electron chi connectivity index (χ2n) is 5.93. The molecule has 0 bridgehead atoms. The van der Waals surface area contributed by atoms with Crippen molar-refractivity contribution in [3.8, 4) is 0 Å². The molecule has 1 saturated heterocycles. The number of hydrogen-bond acceptors (Lipinski definition) is 2. The molecule has 1 aliphatic heterocycles. The molecule has 0 amide bonds. The van der Waals surface area contributed by atoms with Crippen molar-refractivity contribution in [3.05, 3.63) is 0 Å². The third kappa shape index (κ3) is 1.72. The maximum absolute atomic E-state index is 10.3. The Hall–Kier alpha value is -0.370. The summed E-state index contributed by atoms with van der Waals surface area (Å²) in [5, 5.41) is 0. The first-order valence-electron chi connectivity index (χ1n) is 5.70. The Kier molecular flexibility index (Phi) is 2.42. The van der Waals surface area contributed by atoms with Crippen LogP contribution in [0.25, 0.3) is 0 Å². The molecule has 14 heavy (non-hydrogen) atoms. The molecule has 0 spiro atoms. The molecule has 0 radical (unpaired) electrons. The fraction of sp³-hybridized carbons (Fsp3) is 0.917. The van der Waals surface area contributed by atoms with E-state index in [0.29, 0.717) is 11.8 Å². The molecule has 2 rings (SSSR count). The summed E-state index contributed by atoms with van der Waals surface area (Å²) in [6, 6.07) is 0. The minimum atomic E-state index is 0.492. The van der Waals surface area contributed by atoms with Crippen LogP contribution >= 0.6 is 0 Å². The second-order valence-corrected chi connectivity index (χ2v) is 5.93. The van der Waals surface area contributed by atoms with Crippen LogP contribution in [0.2, 0.25) is 0 Å². The molecule has 2 nitrogen and oxygen atoms in total. The molecule has 2 fully saturated rings. The van der Waals surface area contributed by atoms with Crippen LogP contribution < -0.4 is 0 Å². The molecule has 1 saturated carbocycles. The van der Waals surface area contributed by atoms with Crippen LogP contribution in [0.1, 0.15) is 27.2 Å². The van der Waals surface area contributed by atoms with Gasteiger partial charge >= 0.3 is 0 Å². The smallest absolute Gasteiger partial charge is 0.121 e. The van der Waals surface area contributed by atoms with Crippen LogP contribution in [0.15, 0.2) is 0 Å². The summed E-state index contributed by atoms with van der Waals surface area (Å²) >= 11 is 0. The summed E-state index contributed by atoms with van der Waals surface area (Å²) < 4.78 is 0. The average Bonchev–Trinajstić information content (AvgIpc) is 2.62. The fourth-order valence-corrected chi connectivity index (χ4v) is 3.32. The van der Waals surface area contributed by atoms with Gasteiger partial charge in [0.2, 0.25) is 0 Å². The van der Waals surface area contributed by atoms with Gasteiger partial charge in [-0.15, -0.1) is 0 Å². The van der Waals surface area contributed by atoms with Gasteiger partial charge in [-0.05, 0) is 23.2 Å². The Balaban J connectivity index is 1.79. The molecule has 2 heteroatoms. The Morgan fingerprint density at radius 2 is 1.86 bits per heavy atom. The van der Waals surface area contributed by atoms with Gasteiger partial charge in [0.1, 0.15) is 6.29 Å². The predicted octanol–water partition coefficient (Wildman–Crippen LogP) is 1.80. The zero-order valence-corrected chi connectivity index (χ0v) is 9.49. The van der Waals surface area contributed by atoms with Crippen molar-refractivity contribution in [2.75, 3.05) is 19.6 Å². The van der Waals surface area contributed by atoms with E-state index in [1.807, 2.05) is 0 Å². The van der Waals surface area contributed by atoms with Gasteiger partial charge in [-0.3, -0.25) is 0 Å². The van der Waals surface area contributed by atoms with Crippen LogP contribution in [0.3, 0.4) is 0 Å². The molecule has 0 aromatic heterocycles. The minimum Gasteiger partial charge on any atom is -0.303 e. The van der Waals surface area contributed by atoms with Crippen molar-refractivity contribution in [1.82, 2.24) is 4.90 Å². The second kappa shape index (κ2) is 3.34. The average molecular weight is 195 g/mol. The maximum atomic E-state index is 10.3. The van der Waals surface area contributed by atoms with Crippen molar-refractivity contribution in [2.24, 2.45) is 23.2 Å². The lowest BCUT2D eigenvalue weighted by atomic mass is 9.87. The van der Waals surface area contributed by atoms with Crippen LogP contribution in [0, 0.1) is 23.2 Å². The van der Waals surface area contributed by atoms with Gasteiger partial charge in [-0.25, -0.2) is 0 Å². The Morgan fingerprint density at radius 1 is 1.29 bits per heavy atom. The number of aldehydes is 1. The largest absolute Gasteiger partial charge is 0.303 e. The van der Waals surface area contributed by atoms with Crippen molar-refractivity contribution < 1.29 is 4.79 Å². The monoisotopic (exact) mass is 195 g/mol. The fourth-order valence-electron chi connectivity index (χ4n) is 3.32. The number of likely N-dealkylation sites (tertiary alicyclic amines) is 1. The predicted molar refractivity (Wildman–Crippen MR) is 57.0 cm³/mol. The molecule has 3 atom stereocenters. The first-order chi connectivity index (χ1) is 6.54. The third-order valence-electron chi connectivity index (χ3n) is 3.83. The first-order valence-corrected chi connectivity index (χ1v) is 5.70. The number of piperidine rings is 1. The highest BCUT2D eigenvalue weighted by Gasteiger charge is 2.59. The number of fused-ring (bicyclic) bond motifs is 1. The van der Waals surface area contributed by atoms with Crippen molar-refractivity contribution in [2.45, 2.75) is 27.2 Å². The van der Waals surface area contributed by atoms with E-state index in [1.54, 1.807) is 0 Å². The van der Waals surface area contributed by atoms with E-state index in [1.165, 1.54) is 13.1 Å². The maximum Gasteiger partial charge on any atom is 0.121 e. The SMILES string of the molecule is CC(C)(C)[C@@H]1C2CN(CCC=O)C[C@H]21. The summed E-state index contributed by atoms with van der Waals surface area (Å²) in [6.07, 6.45) is 1.74. The Labute approximate surface area is 86.7 Å². The van der Waals surface area contributed by atoms with Crippen LogP contribution in [0.4, 0.5) is 0 Å². The van der Waals surface area contributed by atoms with Gasteiger partial charge in [0.05, 0.1) is 0 Å². The standard InChI is InChI=1S/C12H21NO/c1-12(2,3)11-9-7-13(5-4-6-14)8-10(9)11/h6,9-11H,4-5,7-8H2,1-3H3/t9-,10?,11+/m1/s1. The van der Waals surface area contributed by atoms with E-state index >= 15 is 0 Å². The quantitative estimate of drug-likeness (QED) is 0.640. The zero-order chi connectivity index (χ0) is 10.3. The van der Waals surface area contributed by atoms with Gasteiger partial charge in [0.25, 0.3) is 0 Å². The first kappa shape index (κ1) is 10.2. The zero-order valence-electron chi connectivity index (χ0n) is 9.49. The number of carbonyl (C=O) groups excluding carboxylic acids is 1. The lowest BCUT2D eigenvalue weighted by Gasteiger charge is -2.25. The van der Waals surface area contributed by atoms with E-state index < -0.39 is 0 Å². The molecule has 80 valence electrons. The Bertz CT molecular complexity index is 219. The van der Waals surface area contributed by atoms with E-state index in [2.05, 4.69) is 25.7 Å². The van der Waals surface area contributed by atoms with Crippen molar-refractivity contribution in [3.63, 3.8) is 0 Å². The summed E-state index contributed by atoms with van der Waals surface area (Å²) in [5.41, 5.74) is 0.492. The highest BCUT2D eigenvalue weighted by atomic mass is 16.1. The number of nitrogens with zero attached hydrogens (tertiary/aromatic N) is 1. The summed E-state index contributed by atoms with van der Waals surface area (Å²) in [6.45, 7) is 10.5. The van der Waals surface area contributed by atoms with Crippen LogP contribution in [-0.2, 0) is 4.79 Å². The molecule has 0 N–H and O–H groups in total. The number of rotatable bonds is 3. The van der Waals surface area contributed by atoms with Gasteiger partial charge in [0, 0.05) is 26.1 Å². The summed E-state index contributed by atoms with van der Waals surface area (Å²) in [4.78, 5) is 12.7. The number of carbonyl (C=O) groups is 1. The molecule has 0 aromatic rings. The molecule has 1 unspecified atom stereocenters. The lowest BCUT2D eigenvalue weighted by Crippen LogP contribution is -2.28. The van der Waals surface area contributed by atoms with Gasteiger partial charge in [0.15, 0.2) is 0 Å². The van der Waals surface area contributed by atoms with Crippen LogP contribution in [0.5, 0.6) is 0 Å². The summed E-state index contributed by atoms with van der Waals surface area (Å²) in [7, 11) is 0. The van der Waals surface area contributed by atoms with Gasteiger partial charge < -0.3 is 9.69 Å². The normalized spacial score (nSPS) is 36.9. The minimum absolute atomic E-state index is 0.492. The molecular weight excluding hydrogens is 174 g/mol. The molecule has 1 aliphatic carbocycles. The molecular formula is C12H21NO. The summed E-state index contributed by atoms with van der Waals surface area (Å²) in [5.74, 6) is 2.80.